The van der Waals surface area contributed by atoms with Gasteiger partial charge in [0.1, 0.15) is 0 Å². The molecule has 2 rings (SSSR count). The summed E-state index contributed by atoms with van der Waals surface area (Å²) >= 11 is 0. The zero-order chi connectivity index (χ0) is 17.8. The number of ether oxygens (including phenoxy) is 1. The fourth-order valence-corrected chi connectivity index (χ4v) is 1.81. The lowest BCUT2D eigenvalue weighted by Crippen LogP contribution is -1.99. The van der Waals surface area contributed by atoms with Gasteiger partial charge in [0.25, 0.3) is 0 Å². The fourth-order valence-electron chi connectivity index (χ4n) is 1.81. The zero-order valence-corrected chi connectivity index (χ0v) is 13.9. The van der Waals surface area contributed by atoms with Crippen LogP contribution in [0.2, 0.25) is 0 Å². The Bertz CT molecular complexity index is 619. The van der Waals surface area contributed by atoms with Gasteiger partial charge in [-0.2, -0.15) is 0 Å². The predicted molar refractivity (Wildman–Crippen MR) is 94.0 cm³/mol. The minimum absolute atomic E-state index is 0.0752. The van der Waals surface area contributed by atoms with Crippen molar-refractivity contribution in [3.8, 4) is 0 Å². The number of carboxylic acid groups (broad SMARTS) is 1. The van der Waals surface area contributed by atoms with E-state index < -0.39 is 5.97 Å². The molecule has 4 heteroatoms. The van der Waals surface area contributed by atoms with E-state index in [2.05, 4.69) is 0 Å². The second-order valence-corrected chi connectivity index (χ2v) is 4.82. The normalized spacial score (nSPS) is 10.3. The minimum atomic E-state index is -0.907. The third-order valence-electron chi connectivity index (χ3n) is 3.12. The Balaban J connectivity index is 0.000000257. The zero-order valence-electron chi connectivity index (χ0n) is 13.9. The van der Waals surface area contributed by atoms with Crippen molar-refractivity contribution >= 4 is 11.8 Å². The van der Waals surface area contributed by atoms with Crippen LogP contribution in [-0.4, -0.2) is 23.5 Å². The minimum Gasteiger partial charge on any atom is -0.501 e. The molecule has 0 spiro atoms. The molecule has 0 aliphatic heterocycles. The van der Waals surface area contributed by atoms with E-state index in [0.29, 0.717) is 18.6 Å². The maximum Gasteiger partial charge on any atom is 0.334 e. The van der Waals surface area contributed by atoms with Crippen LogP contribution in [0.1, 0.15) is 36.2 Å². The lowest BCUT2D eigenvalue weighted by atomic mass is 10.0. The number of ketones is 1. The summed E-state index contributed by atoms with van der Waals surface area (Å²) < 4.78 is 4.80. The molecule has 126 valence electrons. The van der Waals surface area contributed by atoms with E-state index in [1.54, 1.807) is 6.92 Å². The summed E-state index contributed by atoms with van der Waals surface area (Å²) in [4.78, 5) is 22.1. The topological polar surface area (TPSA) is 63.6 Å². The third-order valence-corrected chi connectivity index (χ3v) is 3.12. The first kappa shape index (κ1) is 19.2. The number of carboxylic acids is 1. The largest absolute Gasteiger partial charge is 0.501 e. The summed E-state index contributed by atoms with van der Waals surface area (Å²) in [6.45, 7) is 4.10. The second kappa shape index (κ2) is 10.8. The molecule has 2 aromatic rings. The molecule has 0 unspecified atom stereocenters. The molecule has 2 aromatic carbocycles. The number of rotatable bonds is 6. The fraction of sp³-hybridized carbons (Fsp3) is 0.200. The monoisotopic (exact) mass is 326 g/mol. The molecule has 0 amide bonds. The third kappa shape index (κ3) is 6.48. The van der Waals surface area contributed by atoms with Gasteiger partial charge in [0.2, 0.25) is 0 Å². The highest BCUT2D eigenvalue weighted by Crippen LogP contribution is 2.08. The SMILES string of the molecule is CCOC=C(CC)C(=O)O.O=C(c1ccccc1)c1ccccc1. The van der Waals surface area contributed by atoms with Crippen molar-refractivity contribution in [1.29, 1.82) is 0 Å². The smallest absolute Gasteiger partial charge is 0.334 e. The van der Waals surface area contributed by atoms with E-state index in [1.165, 1.54) is 6.26 Å². The van der Waals surface area contributed by atoms with Crippen LogP contribution in [0, 0.1) is 0 Å². The van der Waals surface area contributed by atoms with Crippen LogP contribution >= 0.6 is 0 Å². The molecule has 24 heavy (non-hydrogen) atoms. The Kier molecular flexibility index (Phi) is 8.61. The van der Waals surface area contributed by atoms with Crippen LogP contribution in [0.3, 0.4) is 0 Å². The van der Waals surface area contributed by atoms with Crippen molar-refractivity contribution in [3.05, 3.63) is 83.6 Å². The molecule has 0 radical (unpaired) electrons. The Hall–Kier alpha value is -2.88. The molecular formula is C20H22O4. The highest BCUT2D eigenvalue weighted by Gasteiger charge is 2.06. The van der Waals surface area contributed by atoms with Gasteiger partial charge in [0.05, 0.1) is 18.4 Å². The molecule has 0 saturated carbocycles. The van der Waals surface area contributed by atoms with E-state index in [1.807, 2.05) is 67.6 Å². The molecule has 0 saturated heterocycles. The molecule has 4 nitrogen and oxygen atoms in total. The Morgan fingerprint density at radius 3 is 1.71 bits per heavy atom. The van der Waals surface area contributed by atoms with E-state index in [9.17, 15) is 9.59 Å². The van der Waals surface area contributed by atoms with Crippen molar-refractivity contribution in [2.75, 3.05) is 6.61 Å². The van der Waals surface area contributed by atoms with Gasteiger partial charge in [-0.05, 0) is 13.3 Å². The van der Waals surface area contributed by atoms with Crippen molar-refractivity contribution < 1.29 is 19.4 Å². The molecular weight excluding hydrogens is 304 g/mol. The number of hydrogen-bond acceptors (Lipinski definition) is 3. The maximum atomic E-state index is 11.8. The van der Waals surface area contributed by atoms with Crippen LogP contribution in [0.4, 0.5) is 0 Å². The van der Waals surface area contributed by atoms with Crippen LogP contribution in [0.15, 0.2) is 72.5 Å². The van der Waals surface area contributed by atoms with Crippen molar-refractivity contribution in [1.82, 2.24) is 0 Å². The van der Waals surface area contributed by atoms with Crippen molar-refractivity contribution in [3.63, 3.8) is 0 Å². The number of carbonyl (C=O) groups is 2. The van der Waals surface area contributed by atoms with E-state index in [-0.39, 0.29) is 5.78 Å². The highest BCUT2D eigenvalue weighted by molar-refractivity contribution is 6.08. The number of benzene rings is 2. The Morgan fingerprint density at radius 1 is 0.917 bits per heavy atom. The van der Waals surface area contributed by atoms with Gasteiger partial charge in [-0.1, -0.05) is 67.6 Å². The summed E-state index contributed by atoms with van der Waals surface area (Å²) in [7, 11) is 0. The van der Waals surface area contributed by atoms with Gasteiger partial charge < -0.3 is 9.84 Å². The lowest BCUT2D eigenvalue weighted by molar-refractivity contribution is -0.132. The molecule has 0 aliphatic rings. The maximum absolute atomic E-state index is 11.8. The molecule has 0 atom stereocenters. The first-order valence-electron chi connectivity index (χ1n) is 7.78. The van der Waals surface area contributed by atoms with Crippen molar-refractivity contribution in [2.24, 2.45) is 0 Å². The molecule has 0 fully saturated rings. The Morgan fingerprint density at radius 2 is 1.38 bits per heavy atom. The average molecular weight is 326 g/mol. The molecule has 0 aromatic heterocycles. The van der Waals surface area contributed by atoms with Gasteiger partial charge in [-0.3, -0.25) is 4.79 Å². The molecule has 1 N–H and O–H groups in total. The van der Waals surface area contributed by atoms with Gasteiger partial charge in [0.15, 0.2) is 5.78 Å². The van der Waals surface area contributed by atoms with Crippen LogP contribution in [-0.2, 0) is 9.53 Å². The highest BCUT2D eigenvalue weighted by atomic mass is 16.5. The first-order chi connectivity index (χ1) is 11.6. The van der Waals surface area contributed by atoms with Crippen LogP contribution in [0.5, 0.6) is 0 Å². The number of aliphatic carboxylic acids is 1. The van der Waals surface area contributed by atoms with Gasteiger partial charge in [-0.15, -0.1) is 0 Å². The Labute approximate surface area is 142 Å². The van der Waals surface area contributed by atoms with Gasteiger partial charge in [-0.25, -0.2) is 4.79 Å². The standard InChI is InChI=1S/C13H10O.C7H12O3/c14-13(11-7-3-1-4-8-11)12-9-5-2-6-10-12;1-3-6(7(8)9)5-10-4-2/h1-10H;5H,3-4H2,1-2H3,(H,8,9). The lowest BCUT2D eigenvalue weighted by Gasteiger charge is -1.99. The van der Waals surface area contributed by atoms with E-state index >= 15 is 0 Å². The van der Waals surface area contributed by atoms with Gasteiger partial charge in [0, 0.05) is 11.1 Å². The summed E-state index contributed by atoms with van der Waals surface area (Å²) in [5.41, 5.74) is 1.78. The number of carbonyl (C=O) groups excluding carboxylic acids is 1. The second-order valence-electron chi connectivity index (χ2n) is 4.82. The quantitative estimate of drug-likeness (QED) is 0.488. The molecule has 0 heterocycles. The molecule has 0 bridgehead atoms. The van der Waals surface area contributed by atoms with Crippen LogP contribution < -0.4 is 0 Å². The van der Waals surface area contributed by atoms with Crippen LogP contribution in [0.25, 0.3) is 0 Å². The van der Waals surface area contributed by atoms with E-state index in [4.69, 9.17) is 9.84 Å². The summed E-state index contributed by atoms with van der Waals surface area (Å²) in [5.74, 6) is -0.831. The average Bonchev–Trinajstić information content (AvgIpc) is 2.63. The number of hydrogen-bond donors (Lipinski definition) is 1. The summed E-state index contributed by atoms with van der Waals surface area (Å²) in [6.07, 6.45) is 1.79. The summed E-state index contributed by atoms with van der Waals surface area (Å²) in [6, 6.07) is 18.6. The van der Waals surface area contributed by atoms with E-state index in [0.717, 1.165) is 11.1 Å². The first-order valence-corrected chi connectivity index (χ1v) is 7.78. The predicted octanol–water partition coefficient (Wildman–Crippen LogP) is 4.32. The summed E-state index contributed by atoms with van der Waals surface area (Å²) in [5, 5.41) is 8.45. The van der Waals surface area contributed by atoms with Gasteiger partial charge >= 0.3 is 5.97 Å². The molecule has 0 aliphatic carbocycles. The van der Waals surface area contributed by atoms with Crippen molar-refractivity contribution in [2.45, 2.75) is 20.3 Å².